The van der Waals surface area contributed by atoms with Crippen LogP contribution in [0.3, 0.4) is 0 Å². The van der Waals surface area contributed by atoms with Crippen molar-refractivity contribution >= 4 is 0 Å². The fourth-order valence-electron chi connectivity index (χ4n) is 1.40. The van der Waals surface area contributed by atoms with E-state index in [1.54, 1.807) is 26.7 Å². The van der Waals surface area contributed by atoms with Crippen molar-refractivity contribution in [3.63, 3.8) is 0 Å². The predicted molar refractivity (Wildman–Crippen MR) is 61.3 cm³/mol. The van der Waals surface area contributed by atoms with E-state index in [1.807, 2.05) is 12.2 Å². The average molecular weight is 214 g/mol. The molecule has 0 fully saturated rings. The summed E-state index contributed by atoms with van der Waals surface area (Å²) in [6, 6.07) is 0. The molecule has 0 saturated heterocycles. The van der Waals surface area contributed by atoms with Gasteiger partial charge in [-0.25, -0.2) is 0 Å². The Morgan fingerprint density at radius 2 is 1.53 bits per heavy atom. The molecule has 0 amide bonds. The molecule has 0 radical (unpaired) electrons. The Morgan fingerprint density at radius 3 is 1.80 bits per heavy atom. The summed E-state index contributed by atoms with van der Waals surface area (Å²) in [5, 5.41) is 9.43. The zero-order valence-electron chi connectivity index (χ0n) is 9.90. The van der Waals surface area contributed by atoms with Crippen LogP contribution in [0.15, 0.2) is 24.7 Å². The molecule has 0 aliphatic heterocycles. The van der Waals surface area contributed by atoms with E-state index in [0.29, 0.717) is 0 Å². The van der Waals surface area contributed by atoms with Gasteiger partial charge in [-0.1, -0.05) is 6.92 Å². The van der Waals surface area contributed by atoms with Crippen LogP contribution in [0.4, 0.5) is 0 Å². The number of aliphatic hydroxyl groups excluding tert-OH is 1. The van der Waals surface area contributed by atoms with Crippen LogP contribution in [0.25, 0.3) is 0 Å². The van der Waals surface area contributed by atoms with E-state index >= 15 is 0 Å². The van der Waals surface area contributed by atoms with Crippen molar-refractivity contribution in [1.29, 1.82) is 0 Å². The molecule has 0 rings (SSSR count). The van der Waals surface area contributed by atoms with Crippen LogP contribution in [0.2, 0.25) is 0 Å². The van der Waals surface area contributed by atoms with E-state index in [0.717, 1.165) is 19.3 Å². The molecule has 0 aliphatic rings. The number of hydrogen-bond donors (Lipinski definition) is 1. The molecule has 0 bridgehead atoms. The molecule has 0 atom stereocenters. The molecule has 15 heavy (non-hydrogen) atoms. The highest BCUT2D eigenvalue weighted by Crippen LogP contribution is 2.31. The van der Waals surface area contributed by atoms with Crippen molar-refractivity contribution in [1.82, 2.24) is 0 Å². The molecule has 0 heterocycles. The van der Waals surface area contributed by atoms with Crippen LogP contribution >= 0.6 is 0 Å². The van der Waals surface area contributed by atoms with Gasteiger partial charge in [0.2, 0.25) is 0 Å². The normalized spacial score (nSPS) is 12.5. The van der Waals surface area contributed by atoms with Crippen molar-refractivity contribution in [2.75, 3.05) is 20.8 Å². The first kappa shape index (κ1) is 14.0. The monoisotopic (exact) mass is 214 g/mol. The fraction of sp³-hybridized carbons (Fsp3) is 0.667. The Morgan fingerprint density at radius 1 is 1.07 bits per heavy atom. The first-order chi connectivity index (χ1) is 7.24. The van der Waals surface area contributed by atoms with Gasteiger partial charge in [-0.2, -0.15) is 0 Å². The van der Waals surface area contributed by atoms with E-state index in [9.17, 15) is 5.11 Å². The number of allylic oxidation sites excluding steroid dienone is 2. The van der Waals surface area contributed by atoms with Crippen LogP contribution < -0.4 is 0 Å². The van der Waals surface area contributed by atoms with E-state index in [-0.39, 0.29) is 12.0 Å². The van der Waals surface area contributed by atoms with Crippen molar-refractivity contribution in [2.24, 2.45) is 5.41 Å². The summed E-state index contributed by atoms with van der Waals surface area (Å²) in [6.07, 6.45) is 9.73. The first-order valence-electron chi connectivity index (χ1n) is 5.21. The summed E-state index contributed by atoms with van der Waals surface area (Å²) in [5.41, 5.74) is -0.0932. The smallest absolute Gasteiger partial charge is 0.0784 e. The number of hydrogen-bond acceptors (Lipinski definition) is 3. The molecule has 0 spiro atoms. The predicted octanol–water partition coefficient (Wildman–Crippen LogP) is 2.48. The lowest BCUT2D eigenvalue weighted by Gasteiger charge is -2.27. The lowest BCUT2D eigenvalue weighted by atomic mass is 9.79. The maximum Gasteiger partial charge on any atom is 0.0784 e. The Bertz CT molecular complexity index is 175. The third-order valence-electron chi connectivity index (χ3n) is 2.65. The average Bonchev–Trinajstić information content (AvgIpc) is 2.28. The molecule has 0 aromatic carbocycles. The second-order valence-electron chi connectivity index (χ2n) is 3.63. The third-order valence-corrected chi connectivity index (χ3v) is 2.65. The maximum atomic E-state index is 9.43. The van der Waals surface area contributed by atoms with Crippen molar-refractivity contribution < 1.29 is 14.6 Å². The van der Waals surface area contributed by atoms with E-state index in [2.05, 4.69) is 6.92 Å². The summed E-state index contributed by atoms with van der Waals surface area (Å²) in [4.78, 5) is 0. The lowest BCUT2D eigenvalue weighted by molar-refractivity contribution is 0.123. The third kappa shape index (κ3) is 5.47. The standard InChI is InChI=1S/C12H22O3/c1-4-12(11-13,7-5-9-14-2)8-6-10-15-3/h5-6,9-10,13H,4,7-8,11H2,1-3H3/b9-5+,10-6+. The van der Waals surface area contributed by atoms with Gasteiger partial charge in [-0.15, -0.1) is 0 Å². The van der Waals surface area contributed by atoms with Crippen LogP contribution in [0.1, 0.15) is 26.2 Å². The van der Waals surface area contributed by atoms with Crippen molar-refractivity contribution in [3.05, 3.63) is 24.7 Å². The minimum Gasteiger partial charge on any atom is -0.505 e. The molecule has 0 aromatic heterocycles. The SMILES string of the molecule is CCC(CO)(C/C=C/OC)C/C=C/OC. The van der Waals surface area contributed by atoms with Gasteiger partial charge in [-0.3, -0.25) is 0 Å². The minimum atomic E-state index is -0.0932. The van der Waals surface area contributed by atoms with Gasteiger partial charge in [0.25, 0.3) is 0 Å². The Balaban J connectivity index is 4.29. The number of ether oxygens (including phenoxy) is 2. The second kappa shape index (κ2) is 8.36. The van der Waals surface area contributed by atoms with Crippen LogP contribution in [0.5, 0.6) is 0 Å². The highest BCUT2D eigenvalue weighted by atomic mass is 16.5. The summed E-state index contributed by atoms with van der Waals surface area (Å²) in [6.45, 7) is 2.25. The van der Waals surface area contributed by atoms with Gasteiger partial charge >= 0.3 is 0 Å². The number of methoxy groups -OCH3 is 2. The van der Waals surface area contributed by atoms with Gasteiger partial charge in [0.1, 0.15) is 0 Å². The molecular weight excluding hydrogens is 192 g/mol. The van der Waals surface area contributed by atoms with Crippen LogP contribution in [-0.4, -0.2) is 25.9 Å². The van der Waals surface area contributed by atoms with Gasteiger partial charge in [0, 0.05) is 12.0 Å². The van der Waals surface area contributed by atoms with E-state index in [1.165, 1.54) is 0 Å². The molecule has 0 aliphatic carbocycles. The molecule has 0 unspecified atom stereocenters. The molecule has 3 heteroatoms. The van der Waals surface area contributed by atoms with Gasteiger partial charge in [0.15, 0.2) is 0 Å². The van der Waals surface area contributed by atoms with Gasteiger partial charge < -0.3 is 14.6 Å². The van der Waals surface area contributed by atoms with Gasteiger partial charge in [0.05, 0.1) is 26.7 Å². The zero-order chi connectivity index (χ0) is 11.6. The number of aliphatic hydroxyl groups is 1. The molecule has 1 N–H and O–H groups in total. The van der Waals surface area contributed by atoms with Crippen LogP contribution in [-0.2, 0) is 9.47 Å². The molecule has 0 saturated carbocycles. The summed E-state index contributed by atoms with van der Waals surface area (Å²) in [7, 11) is 3.24. The van der Waals surface area contributed by atoms with Crippen molar-refractivity contribution in [2.45, 2.75) is 26.2 Å². The highest BCUT2D eigenvalue weighted by molar-refractivity contribution is 4.93. The Labute approximate surface area is 92.4 Å². The summed E-state index contributed by atoms with van der Waals surface area (Å²) < 4.78 is 9.69. The summed E-state index contributed by atoms with van der Waals surface area (Å²) in [5.74, 6) is 0. The van der Waals surface area contributed by atoms with Crippen LogP contribution in [0, 0.1) is 5.41 Å². The molecule has 3 nitrogen and oxygen atoms in total. The van der Waals surface area contributed by atoms with Gasteiger partial charge in [-0.05, 0) is 31.4 Å². The molecule has 88 valence electrons. The molecule has 0 aromatic rings. The Hall–Kier alpha value is -0.960. The van der Waals surface area contributed by atoms with Crippen molar-refractivity contribution in [3.8, 4) is 0 Å². The fourth-order valence-corrected chi connectivity index (χ4v) is 1.40. The summed E-state index contributed by atoms with van der Waals surface area (Å²) >= 11 is 0. The number of rotatable bonds is 8. The largest absolute Gasteiger partial charge is 0.505 e. The maximum absolute atomic E-state index is 9.43. The minimum absolute atomic E-state index is 0.0932. The highest BCUT2D eigenvalue weighted by Gasteiger charge is 2.24. The Kier molecular flexibility index (Phi) is 7.82. The second-order valence-corrected chi connectivity index (χ2v) is 3.63. The lowest BCUT2D eigenvalue weighted by Crippen LogP contribution is -2.23. The molecular formula is C12H22O3. The first-order valence-corrected chi connectivity index (χ1v) is 5.21. The van der Waals surface area contributed by atoms with E-state index in [4.69, 9.17) is 9.47 Å². The quantitative estimate of drug-likeness (QED) is 0.631. The zero-order valence-corrected chi connectivity index (χ0v) is 9.90. The van der Waals surface area contributed by atoms with E-state index < -0.39 is 0 Å². The topological polar surface area (TPSA) is 38.7 Å².